The zero-order valence-corrected chi connectivity index (χ0v) is 12.1. The minimum Gasteiger partial charge on any atom is -0.360 e. The fourth-order valence-corrected chi connectivity index (χ4v) is 2.47. The Labute approximate surface area is 122 Å². The third-order valence-electron chi connectivity index (χ3n) is 3.43. The number of hydrogen-bond donors (Lipinski definition) is 1. The highest BCUT2D eigenvalue weighted by Crippen LogP contribution is 2.23. The SMILES string of the molecule is Cc1cc(NC(=O)c2c(C)nc3ccccc3c2C)no1. The average Bonchev–Trinajstić information content (AvgIpc) is 2.84. The van der Waals surface area contributed by atoms with Gasteiger partial charge in [-0.2, -0.15) is 0 Å². The largest absolute Gasteiger partial charge is 0.360 e. The second-order valence-electron chi connectivity index (χ2n) is 4.99. The van der Waals surface area contributed by atoms with Gasteiger partial charge >= 0.3 is 0 Å². The molecule has 0 aliphatic carbocycles. The number of hydrogen-bond acceptors (Lipinski definition) is 4. The zero-order valence-electron chi connectivity index (χ0n) is 12.1. The summed E-state index contributed by atoms with van der Waals surface area (Å²) in [5.74, 6) is 0.830. The highest BCUT2D eigenvalue weighted by Gasteiger charge is 2.17. The van der Waals surface area contributed by atoms with E-state index in [1.807, 2.05) is 38.1 Å². The molecule has 0 saturated carbocycles. The van der Waals surface area contributed by atoms with E-state index in [0.29, 0.717) is 22.8 Å². The molecule has 0 bridgehead atoms. The topological polar surface area (TPSA) is 68.0 Å². The normalized spacial score (nSPS) is 10.8. The minimum absolute atomic E-state index is 0.225. The predicted molar refractivity (Wildman–Crippen MR) is 80.4 cm³/mol. The summed E-state index contributed by atoms with van der Waals surface area (Å²) in [6, 6.07) is 9.46. The maximum Gasteiger partial charge on any atom is 0.259 e. The summed E-state index contributed by atoms with van der Waals surface area (Å²) in [6.07, 6.45) is 0. The van der Waals surface area contributed by atoms with Crippen molar-refractivity contribution in [2.24, 2.45) is 0 Å². The van der Waals surface area contributed by atoms with Gasteiger partial charge in [0, 0.05) is 11.5 Å². The Hall–Kier alpha value is -2.69. The summed E-state index contributed by atoms with van der Waals surface area (Å²) in [5, 5.41) is 7.49. The van der Waals surface area contributed by atoms with Crippen molar-refractivity contribution >= 4 is 22.6 Å². The highest BCUT2D eigenvalue weighted by molar-refractivity contribution is 6.08. The molecule has 3 aromatic rings. The summed E-state index contributed by atoms with van der Waals surface area (Å²) in [6.45, 7) is 5.54. The van der Waals surface area contributed by atoms with Crippen molar-refractivity contribution in [3.05, 3.63) is 52.9 Å². The molecule has 1 aromatic carbocycles. The molecule has 0 fully saturated rings. The number of anilines is 1. The van der Waals surface area contributed by atoms with E-state index in [4.69, 9.17) is 4.52 Å². The van der Waals surface area contributed by atoms with Gasteiger partial charge in [-0.05, 0) is 32.4 Å². The van der Waals surface area contributed by atoms with Crippen LogP contribution < -0.4 is 5.32 Å². The zero-order chi connectivity index (χ0) is 15.0. The van der Waals surface area contributed by atoms with Crippen LogP contribution in [-0.2, 0) is 0 Å². The fourth-order valence-electron chi connectivity index (χ4n) is 2.47. The van der Waals surface area contributed by atoms with Crippen LogP contribution in [0, 0.1) is 20.8 Å². The van der Waals surface area contributed by atoms with E-state index < -0.39 is 0 Å². The lowest BCUT2D eigenvalue weighted by molar-refractivity contribution is 0.102. The second kappa shape index (κ2) is 5.01. The maximum atomic E-state index is 12.5. The van der Waals surface area contributed by atoms with Gasteiger partial charge in [-0.1, -0.05) is 23.4 Å². The number of nitrogens with zero attached hydrogens (tertiary/aromatic N) is 2. The van der Waals surface area contributed by atoms with Crippen molar-refractivity contribution < 1.29 is 9.32 Å². The number of amides is 1. The van der Waals surface area contributed by atoms with E-state index in [1.165, 1.54) is 0 Å². The Balaban J connectivity index is 2.05. The summed E-state index contributed by atoms with van der Waals surface area (Å²) < 4.78 is 4.95. The van der Waals surface area contributed by atoms with Crippen LogP contribution in [0.3, 0.4) is 0 Å². The molecular weight excluding hydrogens is 266 g/mol. The Morgan fingerprint density at radius 3 is 2.67 bits per heavy atom. The first-order valence-electron chi connectivity index (χ1n) is 6.67. The number of rotatable bonds is 2. The molecule has 1 N–H and O–H groups in total. The Kier molecular flexibility index (Phi) is 3.17. The minimum atomic E-state index is -0.225. The lowest BCUT2D eigenvalue weighted by Crippen LogP contribution is -2.16. The van der Waals surface area contributed by atoms with Crippen LogP contribution in [-0.4, -0.2) is 16.0 Å². The Morgan fingerprint density at radius 2 is 1.95 bits per heavy atom. The standard InChI is InChI=1S/C16H15N3O2/c1-9-8-14(19-21-9)18-16(20)15-10(2)12-6-4-5-7-13(12)17-11(15)3/h4-8H,1-3H3,(H,18,19,20). The molecule has 0 unspecified atom stereocenters. The molecule has 0 aliphatic rings. The monoisotopic (exact) mass is 281 g/mol. The van der Waals surface area contributed by atoms with Crippen molar-refractivity contribution in [3.63, 3.8) is 0 Å². The van der Waals surface area contributed by atoms with Gasteiger partial charge in [0.2, 0.25) is 0 Å². The maximum absolute atomic E-state index is 12.5. The third kappa shape index (κ3) is 2.38. The molecule has 2 aromatic heterocycles. The molecule has 0 radical (unpaired) electrons. The van der Waals surface area contributed by atoms with E-state index in [-0.39, 0.29) is 5.91 Å². The molecule has 1 amide bonds. The number of carbonyl (C=O) groups excluding carboxylic acids is 1. The predicted octanol–water partition coefficient (Wildman–Crippen LogP) is 3.40. The molecule has 0 atom stereocenters. The van der Waals surface area contributed by atoms with Crippen LogP contribution >= 0.6 is 0 Å². The van der Waals surface area contributed by atoms with Crippen molar-refractivity contribution in [3.8, 4) is 0 Å². The van der Waals surface area contributed by atoms with E-state index in [2.05, 4.69) is 15.5 Å². The average molecular weight is 281 g/mol. The van der Waals surface area contributed by atoms with Crippen molar-refractivity contribution in [2.45, 2.75) is 20.8 Å². The smallest absolute Gasteiger partial charge is 0.259 e. The molecule has 0 saturated heterocycles. The second-order valence-corrected chi connectivity index (χ2v) is 4.99. The van der Waals surface area contributed by atoms with Gasteiger partial charge in [0.1, 0.15) is 5.76 Å². The number of aromatic nitrogens is 2. The van der Waals surface area contributed by atoms with Crippen LogP contribution in [0.4, 0.5) is 5.82 Å². The lowest BCUT2D eigenvalue weighted by atomic mass is 10.0. The van der Waals surface area contributed by atoms with Crippen molar-refractivity contribution in [2.75, 3.05) is 5.32 Å². The summed E-state index contributed by atoms with van der Waals surface area (Å²) in [7, 11) is 0. The highest BCUT2D eigenvalue weighted by atomic mass is 16.5. The molecule has 2 heterocycles. The van der Waals surface area contributed by atoms with E-state index in [1.54, 1.807) is 13.0 Å². The molecule has 21 heavy (non-hydrogen) atoms. The number of para-hydroxylation sites is 1. The third-order valence-corrected chi connectivity index (χ3v) is 3.43. The molecule has 0 aliphatic heterocycles. The van der Waals surface area contributed by atoms with Gasteiger partial charge in [0.05, 0.1) is 16.8 Å². The Morgan fingerprint density at radius 1 is 1.19 bits per heavy atom. The molecule has 106 valence electrons. The first-order valence-corrected chi connectivity index (χ1v) is 6.67. The van der Waals surface area contributed by atoms with Crippen LogP contribution in [0.2, 0.25) is 0 Å². The van der Waals surface area contributed by atoms with Gasteiger partial charge in [-0.15, -0.1) is 0 Å². The van der Waals surface area contributed by atoms with E-state index in [0.717, 1.165) is 16.5 Å². The molecular formula is C16H15N3O2. The van der Waals surface area contributed by atoms with Gasteiger partial charge in [-0.25, -0.2) is 0 Å². The summed E-state index contributed by atoms with van der Waals surface area (Å²) in [5.41, 5.74) is 3.08. The van der Waals surface area contributed by atoms with Crippen LogP contribution in [0.1, 0.15) is 27.4 Å². The summed E-state index contributed by atoms with van der Waals surface area (Å²) in [4.78, 5) is 17.0. The van der Waals surface area contributed by atoms with Gasteiger partial charge in [0.25, 0.3) is 5.91 Å². The van der Waals surface area contributed by atoms with E-state index >= 15 is 0 Å². The first-order chi connectivity index (χ1) is 10.1. The number of nitrogens with one attached hydrogen (secondary N) is 1. The lowest BCUT2D eigenvalue weighted by Gasteiger charge is -2.11. The quantitative estimate of drug-likeness (QED) is 0.781. The number of aryl methyl sites for hydroxylation is 3. The molecule has 0 spiro atoms. The van der Waals surface area contributed by atoms with Crippen LogP contribution in [0.25, 0.3) is 10.9 Å². The van der Waals surface area contributed by atoms with Gasteiger partial charge in [0.15, 0.2) is 5.82 Å². The number of carbonyl (C=O) groups is 1. The molecule has 5 nitrogen and oxygen atoms in total. The first kappa shape index (κ1) is 13.3. The number of fused-ring (bicyclic) bond motifs is 1. The van der Waals surface area contributed by atoms with Gasteiger partial charge in [-0.3, -0.25) is 9.78 Å². The summed E-state index contributed by atoms with van der Waals surface area (Å²) >= 11 is 0. The Bertz CT molecular complexity index is 837. The van der Waals surface area contributed by atoms with Crippen LogP contribution in [0.15, 0.2) is 34.9 Å². The molecule has 5 heteroatoms. The molecule has 3 rings (SSSR count). The van der Waals surface area contributed by atoms with Crippen LogP contribution in [0.5, 0.6) is 0 Å². The fraction of sp³-hybridized carbons (Fsp3) is 0.188. The van der Waals surface area contributed by atoms with Gasteiger partial charge < -0.3 is 9.84 Å². The van der Waals surface area contributed by atoms with Crippen molar-refractivity contribution in [1.29, 1.82) is 0 Å². The van der Waals surface area contributed by atoms with E-state index in [9.17, 15) is 4.79 Å². The number of benzene rings is 1. The van der Waals surface area contributed by atoms with Crippen molar-refractivity contribution in [1.82, 2.24) is 10.1 Å². The number of pyridine rings is 1.